The number of benzene rings is 1. The van der Waals surface area contributed by atoms with Gasteiger partial charge in [0.1, 0.15) is 0 Å². The molecule has 1 aliphatic rings. The van der Waals surface area contributed by atoms with Crippen molar-refractivity contribution in [1.82, 2.24) is 4.90 Å². The van der Waals surface area contributed by atoms with Crippen molar-refractivity contribution in [2.45, 2.75) is 6.92 Å². The molecule has 4 heteroatoms. The lowest BCUT2D eigenvalue weighted by atomic mass is 10.2. The number of rotatable bonds is 2. The van der Waals surface area contributed by atoms with Crippen molar-refractivity contribution in [3.8, 4) is 0 Å². The summed E-state index contributed by atoms with van der Waals surface area (Å²) in [5.41, 5.74) is 2.17. The van der Waals surface area contributed by atoms with Crippen LogP contribution < -0.4 is 5.01 Å². The lowest BCUT2D eigenvalue weighted by molar-refractivity contribution is -0.114. The van der Waals surface area contributed by atoms with Crippen molar-refractivity contribution < 1.29 is 4.79 Å². The lowest BCUT2D eigenvalue weighted by Gasteiger charge is -2.11. The highest BCUT2D eigenvalue weighted by atomic mass is 16.2. The van der Waals surface area contributed by atoms with Crippen molar-refractivity contribution in [1.29, 1.82) is 0 Å². The lowest BCUT2D eigenvalue weighted by Crippen LogP contribution is -2.22. The van der Waals surface area contributed by atoms with Gasteiger partial charge in [-0.25, -0.2) is 0 Å². The summed E-state index contributed by atoms with van der Waals surface area (Å²) in [5, 5.41) is 5.71. The molecule has 0 N–H and O–H groups in total. The summed E-state index contributed by atoms with van der Waals surface area (Å²) < 4.78 is 0. The molecule has 1 heterocycles. The number of carbonyl (C=O) groups excluding carboxylic acids is 1. The maximum Gasteiger partial charge on any atom is 0.282 e. The van der Waals surface area contributed by atoms with Gasteiger partial charge in [0.25, 0.3) is 5.91 Å². The van der Waals surface area contributed by atoms with Crippen LogP contribution in [0.5, 0.6) is 0 Å². The number of hydrogen-bond acceptors (Lipinski definition) is 3. The molecule has 0 unspecified atom stereocenters. The van der Waals surface area contributed by atoms with Gasteiger partial charge in [-0.15, -0.1) is 0 Å². The van der Waals surface area contributed by atoms with E-state index in [9.17, 15) is 4.79 Å². The molecule has 0 atom stereocenters. The van der Waals surface area contributed by atoms with E-state index in [1.54, 1.807) is 6.20 Å². The van der Waals surface area contributed by atoms with E-state index in [1.165, 1.54) is 5.01 Å². The van der Waals surface area contributed by atoms with Crippen LogP contribution in [0.25, 0.3) is 0 Å². The smallest absolute Gasteiger partial charge is 0.282 e. The predicted octanol–water partition coefficient (Wildman–Crippen LogP) is 1.85. The van der Waals surface area contributed by atoms with Crippen molar-refractivity contribution in [2.24, 2.45) is 5.10 Å². The molecule has 0 aromatic heterocycles. The molecule has 0 saturated carbocycles. The summed E-state index contributed by atoms with van der Waals surface area (Å²) in [5.74, 6) is -0.0811. The molecule has 0 aliphatic carbocycles. The Hall–Kier alpha value is -2.10. The standard InChI is InChI=1S/C13H15N3O/c1-10-12(9-15(2)3)13(17)16(14-10)11-7-5-4-6-8-11/h4-9H,1-3H3/b12-9-. The zero-order valence-electron chi connectivity index (χ0n) is 10.2. The average Bonchev–Trinajstić information content (AvgIpc) is 2.58. The molecule has 1 aromatic rings. The van der Waals surface area contributed by atoms with Crippen LogP contribution in [0.4, 0.5) is 5.69 Å². The third-order valence-electron chi connectivity index (χ3n) is 2.45. The van der Waals surface area contributed by atoms with Gasteiger partial charge in [-0.3, -0.25) is 4.79 Å². The van der Waals surface area contributed by atoms with Gasteiger partial charge in [0.2, 0.25) is 0 Å². The summed E-state index contributed by atoms with van der Waals surface area (Å²) >= 11 is 0. The first kappa shape index (κ1) is 11.4. The monoisotopic (exact) mass is 229 g/mol. The van der Waals surface area contributed by atoms with Gasteiger partial charge in [0.05, 0.1) is 17.0 Å². The fourth-order valence-corrected chi connectivity index (χ4v) is 1.67. The van der Waals surface area contributed by atoms with Crippen LogP contribution in [0.3, 0.4) is 0 Å². The Morgan fingerprint density at radius 1 is 1.24 bits per heavy atom. The molecule has 88 valence electrons. The number of hydrazone groups is 1. The van der Waals surface area contributed by atoms with Crippen LogP contribution in [0.15, 0.2) is 47.2 Å². The molecule has 0 bridgehead atoms. The zero-order valence-corrected chi connectivity index (χ0v) is 10.2. The fraction of sp³-hybridized carbons (Fsp3) is 0.231. The molecule has 0 radical (unpaired) electrons. The molecule has 2 rings (SSSR count). The van der Waals surface area contributed by atoms with E-state index in [4.69, 9.17) is 0 Å². The average molecular weight is 229 g/mol. The number of carbonyl (C=O) groups is 1. The van der Waals surface area contributed by atoms with E-state index in [1.807, 2.05) is 56.3 Å². The SMILES string of the molecule is CC1=NN(c2ccccc2)C(=O)/C1=C\N(C)C. The Kier molecular flexibility index (Phi) is 2.95. The number of para-hydroxylation sites is 1. The number of anilines is 1. The van der Waals surface area contributed by atoms with Crippen LogP contribution in [0.2, 0.25) is 0 Å². The summed E-state index contributed by atoms with van der Waals surface area (Å²) in [6.07, 6.45) is 1.80. The van der Waals surface area contributed by atoms with Gasteiger partial charge >= 0.3 is 0 Å². The maximum absolute atomic E-state index is 12.2. The second-order valence-electron chi connectivity index (χ2n) is 4.14. The van der Waals surface area contributed by atoms with Crippen LogP contribution in [0, 0.1) is 0 Å². The Morgan fingerprint density at radius 2 is 1.88 bits per heavy atom. The molecule has 0 spiro atoms. The highest BCUT2D eigenvalue weighted by Crippen LogP contribution is 2.22. The zero-order chi connectivity index (χ0) is 12.4. The van der Waals surface area contributed by atoms with E-state index in [2.05, 4.69) is 5.10 Å². The van der Waals surface area contributed by atoms with Crippen molar-refractivity contribution >= 4 is 17.3 Å². The Morgan fingerprint density at radius 3 is 2.47 bits per heavy atom. The quantitative estimate of drug-likeness (QED) is 0.726. The van der Waals surface area contributed by atoms with Gasteiger partial charge in [0, 0.05) is 20.3 Å². The second kappa shape index (κ2) is 4.41. The summed E-state index contributed by atoms with van der Waals surface area (Å²) in [4.78, 5) is 14.0. The molecule has 1 aliphatic heterocycles. The fourth-order valence-electron chi connectivity index (χ4n) is 1.67. The van der Waals surface area contributed by atoms with E-state index >= 15 is 0 Å². The largest absolute Gasteiger partial charge is 0.383 e. The minimum Gasteiger partial charge on any atom is -0.383 e. The minimum atomic E-state index is -0.0811. The normalized spacial score (nSPS) is 17.6. The highest BCUT2D eigenvalue weighted by molar-refractivity contribution is 6.29. The van der Waals surface area contributed by atoms with Gasteiger partial charge in [-0.1, -0.05) is 18.2 Å². The third kappa shape index (κ3) is 2.20. The van der Waals surface area contributed by atoms with E-state index < -0.39 is 0 Å². The molecule has 1 amide bonds. The first-order chi connectivity index (χ1) is 8.09. The summed E-state index contributed by atoms with van der Waals surface area (Å²) in [6.45, 7) is 1.84. The van der Waals surface area contributed by atoms with Crippen LogP contribution in [-0.2, 0) is 4.79 Å². The van der Waals surface area contributed by atoms with Crippen LogP contribution >= 0.6 is 0 Å². The Bertz CT molecular complexity index is 489. The van der Waals surface area contributed by atoms with E-state index in [0.717, 1.165) is 11.4 Å². The molecular formula is C13H15N3O. The van der Waals surface area contributed by atoms with Crippen molar-refractivity contribution in [3.63, 3.8) is 0 Å². The molecule has 17 heavy (non-hydrogen) atoms. The molecule has 1 aromatic carbocycles. The second-order valence-corrected chi connectivity index (χ2v) is 4.14. The number of amides is 1. The molecule has 0 saturated heterocycles. The molecular weight excluding hydrogens is 214 g/mol. The van der Waals surface area contributed by atoms with Crippen LogP contribution in [-0.4, -0.2) is 30.6 Å². The van der Waals surface area contributed by atoms with Gasteiger partial charge in [0.15, 0.2) is 0 Å². The highest BCUT2D eigenvalue weighted by Gasteiger charge is 2.28. The maximum atomic E-state index is 12.2. The van der Waals surface area contributed by atoms with Crippen LogP contribution in [0.1, 0.15) is 6.92 Å². The first-order valence-corrected chi connectivity index (χ1v) is 5.43. The minimum absolute atomic E-state index is 0.0811. The summed E-state index contributed by atoms with van der Waals surface area (Å²) in [7, 11) is 3.78. The van der Waals surface area contributed by atoms with Crippen molar-refractivity contribution in [3.05, 3.63) is 42.1 Å². The molecule has 0 fully saturated rings. The van der Waals surface area contributed by atoms with Crippen molar-refractivity contribution in [2.75, 3.05) is 19.1 Å². The predicted molar refractivity (Wildman–Crippen MR) is 68.8 cm³/mol. The number of hydrogen-bond donors (Lipinski definition) is 0. The topological polar surface area (TPSA) is 35.9 Å². The van der Waals surface area contributed by atoms with Gasteiger partial charge in [-0.05, 0) is 19.1 Å². The van der Waals surface area contributed by atoms with Gasteiger partial charge < -0.3 is 4.90 Å². The Labute approximate surface area is 101 Å². The van der Waals surface area contributed by atoms with Gasteiger partial charge in [-0.2, -0.15) is 10.1 Å². The number of nitrogens with zero attached hydrogens (tertiary/aromatic N) is 3. The third-order valence-corrected chi connectivity index (χ3v) is 2.45. The van der Waals surface area contributed by atoms with E-state index in [-0.39, 0.29) is 5.91 Å². The molecule has 4 nitrogen and oxygen atoms in total. The van der Waals surface area contributed by atoms with E-state index in [0.29, 0.717) is 5.57 Å². The first-order valence-electron chi connectivity index (χ1n) is 5.43. The Balaban J connectivity index is 2.34. The summed E-state index contributed by atoms with van der Waals surface area (Å²) in [6, 6.07) is 9.43.